The van der Waals surface area contributed by atoms with Crippen molar-refractivity contribution in [2.45, 2.75) is 25.3 Å². The van der Waals surface area contributed by atoms with Gasteiger partial charge in [0.05, 0.1) is 0 Å². The molecule has 2 saturated carbocycles. The van der Waals surface area contributed by atoms with Gasteiger partial charge >= 0.3 is 5.97 Å². The van der Waals surface area contributed by atoms with Crippen molar-refractivity contribution in [3.63, 3.8) is 0 Å². The van der Waals surface area contributed by atoms with Gasteiger partial charge in [-0.2, -0.15) is 0 Å². The van der Waals surface area contributed by atoms with Crippen molar-refractivity contribution < 1.29 is 9.90 Å². The second-order valence-corrected chi connectivity index (χ2v) is 3.93. The maximum absolute atomic E-state index is 10.8. The van der Waals surface area contributed by atoms with Crippen LogP contribution in [0.3, 0.4) is 0 Å². The number of rotatable bonds is 1. The van der Waals surface area contributed by atoms with Gasteiger partial charge in [-0.1, -0.05) is 6.92 Å². The standard InChI is InChI=1S/C8H13NO2/c1-4-5-2-3-8(9,6(4)5)7(10)11/h4-6H,2-3,9H2,1H3,(H,10,11)/t4-,5-,6+,8-/m0/s1. The van der Waals surface area contributed by atoms with Crippen LogP contribution in [-0.2, 0) is 4.79 Å². The predicted molar refractivity (Wildman–Crippen MR) is 39.9 cm³/mol. The van der Waals surface area contributed by atoms with Gasteiger partial charge in [0, 0.05) is 0 Å². The Balaban J connectivity index is 2.22. The molecule has 62 valence electrons. The Morgan fingerprint density at radius 3 is 2.64 bits per heavy atom. The summed E-state index contributed by atoms with van der Waals surface area (Å²) in [7, 11) is 0. The second-order valence-electron chi connectivity index (χ2n) is 3.93. The molecule has 0 saturated heterocycles. The summed E-state index contributed by atoms with van der Waals surface area (Å²) in [4.78, 5) is 10.8. The van der Waals surface area contributed by atoms with Gasteiger partial charge in [0.15, 0.2) is 0 Å². The zero-order valence-electron chi connectivity index (χ0n) is 6.58. The molecule has 4 atom stereocenters. The molecule has 0 amide bonds. The van der Waals surface area contributed by atoms with Crippen LogP contribution in [0.5, 0.6) is 0 Å². The monoisotopic (exact) mass is 155 g/mol. The highest BCUT2D eigenvalue weighted by atomic mass is 16.4. The molecule has 3 heteroatoms. The number of hydrogen-bond donors (Lipinski definition) is 2. The lowest BCUT2D eigenvalue weighted by Gasteiger charge is -2.20. The summed E-state index contributed by atoms with van der Waals surface area (Å²) >= 11 is 0. The van der Waals surface area contributed by atoms with Gasteiger partial charge in [0.1, 0.15) is 5.54 Å². The fourth-order valence-electron chi connectivity index (χ4n) is 2.66. The first-order valence-electron chi connectivity index (χ1n) is 4.09. The van der Waals surface area contributed by atoms with Crippen LogP contribution >= 0.6 is 0 Å². The van der Waals surface area contributed by atoms with Crippen LogP contribution in [0.4, 0.5) is 0 Å². The molecule has 0 heterocycles. The summed E-state index contributed by atoms with van der Waals surface area (Å²) in [6, 6.07) is 0. The molecule has 0 spiro atoms. The zero-order chi connectivity index (χ0) is 8.22. The molecular weight excluding hydrogens is 142 g/mol. The van der Waals surface area contributed by atoms with E-state index in [0.29, 0.717) is 18.3 Å². The average molecular weight is 155 g/mol. The molecule has 11 heavy (non-hydrogen) atoms. The molecule has 2 rings (SSSR count). The first-order valence-corrected chi connectivity index (χ1v) is 4.09. The summed E-state index contributed by atoms with van der Waals surface area (Å²) in [6.07, 6.45) is 1.68. The molecule has 0 aliphatic heterocycles. The third-order valence-corrected chi connectivity index (χ3v) is 3.45. The van der Waals surface area contributed by atoms with Gasteiger partial charge in [-0.05, 0) is 30.6 Å². The van der Waals surface area contributed by atoms with Gasteiger partial charge < -0.3 is 10.8 Å². The van der Waals surface area contributed by atoms with E-state index in [9.17, 15) is 4.79 Å². The molecule has 2 aliphatic rings. The van der Waals surface area contributed by atoms with Gasteiger partial charge in [0.2, 0.25) is 0 Å². The van der Waals surface area contributed by atoms with E-state index in [0.717, 1.165) is 6.42 Å². The number of carbonyl (C=O) groups is 1. The average Bonchev–Trinajstić information content (AvgIpc) is 2.38. The van der Waals surface area contributed by atoms with Crippen LogP contribution in [0, 0.1) is 17.8 Å². The lowest BCUT2D eigenvalue weighted by molar-refractivity contribution is -0.144. The Hall–Kier alpha value is -0.570. The molecule has 0 bridgehead atoms. The summed E-state index contributed by atoms with van der Waals surface area (Å²) in [5.41, 5.74) is 4.89. The molecule has 3 N–H and O–H groups in total. The van der Waals surface area contributed by atoms with Crippen LogP contribution in [0.1, 0.15) is 19.8 Å². The van der Waals surface area contributed by atoms with Crippen molar-refractivity contribution in [3.05, 3.63) is 0 Å². The summed E-state index contributed by atoms with van der Waals surface area (Å²) in [6.45, 7) is 2.10. The van der Waals surface area contributed by atoms with E-state index in [1.807, 2.05) is 0 Å². The van der Waals surface area contributed by atoms with E-state index >= 15 is 0 Å². The Kier molecular flexibility index (Phi) is 1.15. The number of aliphatic carboxylic acids is 1. The van der Waals surface area contributed by atoms with Crippen molar-refractivity contribution in [3.8, 4) is 0 Å². The Labute approximate surface area is 65.6 Å². The number of hydrogen-bond acceptors (Lipinski definition) is 2. The van der Waals surface area contributed by atoms with Crippen LogP contribution < -0.4 is 5.73 Å². The molecule has 3 nitrogen and oxygen atoms in total. The Morgan fingerprint density at radius 2 is 2.36 bits per heavy atom. The van der Waals surface area contributed by atoms with Crippen molar-refractivity contribution in [2.24, 2.45) is 23.5 Å². The summed E-state index contributed by atoms with van der Waals surface area (Å²) in [5.74, 6) is 0.607. The predicted octanol–water partition coefficient (Wildman–Crippen LogP) is 0.444. The molecule has 0 aromatic rings. The topological polar surface area (TPSA) is 63.3 Å². The molecule has 2 fully saturated rings. The minimum atomic E-state index is -0.885. The van der Waals surface area contributed by atoms with E-state index in [-0.39, 0.29) is 5.92 Å². The van der Waals surface area contributed by atoms with Crippen LogP contribution in [0.15, 0.2) is 0 Å². The molecule has 0 unspecified atom stereocenters. The lowest BCUT2D eigenvalue weighted by atomic mass is 9.92. The normalized spacial score (nSPS) is 53.8. The van der Waals surface area contributed by atoms with Crippen molar-refractivity contribution in [2.75, 3.05) is 0 Å². The van der Waals surface area contributed by atoms with Gasteiger partial charge in [-0.3, -0.25) is 4.79 Å². The highest BCUT2D eigenvalue weighted by molar-refractivity contribution is 5.80. The van der Waals surface area contributed by atoms with E-state index in [2.05, 4.69) is 6.92 Å². The molecule has 2 aliphatic carbocycles. The van der Waals surface area contributed by atoms with E-state index in [1.54, 1.807) is 0 Å². The minimum Gasteiger partial charge on any atom is -0.480 e. The molecule has 0 radical (unpaired) electrons. The largest absolute Gasteiger partial charge is 0.480 e. The molecule has 0 aromatic carbocycles. The minimum absolute atomic E-state index is 0.264. The van der Waals surface area contributed by atoms with E-state index in [4.69, 9.17) is 10.8 Å². The molecule has 0 aromatic heterocycles. The fourth-order valence-corrected chi connectivity index (χ4v) is 2.66. The van der Waals surface area contributed by atoms with Crippen molar-refractivity contribution in [1.82, 2.24) is 0 Å². The van der Waals surface area contributed by atoms with Crippen molar-refractivity contribution >= 4 is 5.97 Å². The third kappa shape index (κ3) is 0.692. The van der Waals surface area contributed by atoms with Gasteiger partial charge in [0.25, 0.3) is 0 Å². The zero-order valence-corrected chi connectivity index (χ0v) is 6.58. The number of carboxylic acid groups (broad SMARTS) is 1. The summed E-state index contributed by atoms with van der Waals surface area (Å²) in [5, 5.41) is 8.86. The van der Waals surface area contributed by atoms with E-state index < -0.39 is 11.5 Å². The number of fused-ring (bicyclic) bond motifs is 1. The van der Waals surface area contributed by atoms with Crippen LogP contribution in [-0.4, -0.2) is 16.6 Å². The maximum Gasteiger partial charge on any atom is 0.323 e. The SMILES string of the molecule is C[C@H]1[C@@H]2CC[C@@](N)(C(=O)O)[C@H]12. The van der Waals surface area contributed by atoms with Crippen molar-refractivity contribution in [1.29, 1.82) is 0 Å². The Bertz CT molecular complexity index is 216. The second kappa shape index (κ2) is 1.78. The fraction of sp³-hybridized carbons (Fsp3) is 0.875. The maximum atomic E-state index is 10.8. The first-order chi connectivity index (χ1) is 5.07. The van der Waals surface area contributed by atoms with E-state index in [1.165, 1.54) is 0 Å². The number of nitrogens with two attached hydrogens (primary N) is 1. The van der Waals surface area contributed by atoms with Gasteiger partial charge in [-0.15, -0.1) is 0 Å². The number of carboxylic acids is 1. The van der Waals surface area contributed by atoms with Crippen LogP contribution in [0.2, 0.25) is 0 Å². The quantitative estimate of drug-likeness (QED) is 0.577. The highest BCUT2D eigenvalue weighted by Crippen LogP contribution is 2.61. The highest BCUT2D eigenvalue weighted by Gasteiger charge is 2.65. The first kappa shape index (κ1) is 7.10. The smallest absolute Gasteiger partial charge is 0.323 e. The summed E-state index contributed by atoms with van der Waals surface area (Å²) < 4.78 is 0. The Morgan fingerprint density at radius 1 is 1.73 bits per heavy atom. The third-order valence-electron chi connectivity index (χ3n) is 3.45. The van der Waals surface area contributed by atoms with Crippen LogP contribution in [0.25, 0.3) is 0 Å². The molecular formula is C8H13NO2. The lowest BCUT2D eigenvalue weighted by Crippen LogP contribution is -2.48. The van der Waals surface area contributed by atoms with Gasteiger partial charge in [-0.25, -0.2) is 0 Å².